The van der Waals surface area contributed by atoms with Crippen LogP contribution in [0, 0.1) is 0 Å². The zero-order valence-electron chi connectivity index (χ0n) is 13.7. The van der Waals surface area contributed by atoms with Crippen LogP contribution in [0.25, 0.3) is 28.3 Å². The zero-order valence-corrected chi connectivity index (χ0v) is 14.5. The quantitative estimate of drug-likeness (QED) is 0.503. The van der Waals surface area contributed by atoms with Gasteiger partial charge in [0.2, 0.25) is 11.8 Å². The number of rotatable bonds is 6. The lowest BCUT2D eigenvalue weighted by atomic mass is 10.3. The van der Waals surface area contributed by atoms with Crippen LogP contribution in [0.5, 0.6) is 0 Å². The molecule has 0 fully saturated rings. The fourth-order valence-corrected chi connectivity index (χ4v) is 2.59. The van der Waals surface area contributed by atoms with Crippen LogP contribution in [0.1, 0.15) is 12.8 Å². The highest BCUT2D eigenvalue weighted by atomic mass is 35.5. The highest BCUT2D eigenvalue weighted by Crippen LogP contribution is 2.23. The molecule has 0 saturated heterocycles. The minimum Gasteiger partial charge on any atom is -0.461 e. The van der Waals surface area contributed by atoms with Crippen molar-refractivity contribution in [3.63, 3.8) is 0 Å². The number of halogens is 1. The topological polar surface area (TPSA) is 112 Å². The van der Waals surface area contributed by atoms with Crippen molar-refractivity contribution >= 4 is 35.0 Å². The summed E-state index contributed by atoms with van der Waals surface area (Å²) < 4.78 is 8.82. The molecule has 0 atom stereocenters. The third-order valence-corrected chi connectivity index (χ3v) is 3.73. The summed E-state index contributed by atoms with van der Waals surface area (Å²) in [6.45, 7) is 1.43. The number of hydrogen-bond acceptors (Lipinski definition) is 7. The predicted molar refractivity (Wildman–Crippen MR) is 96.8 cm³/mol. The Balaban J connectivity index is 0.00000182. The van der Waals surface area contributed by atoms with Gasteiger partial charge in [-0.15, -0.1) is 17.5 Å². The molecular formula is C15H19ClN8O. The van der Waals surface area contributed by atoms with Crippen LogP contribution in [0.3, 0.4) is 0 Å². The normalized spacial score (nSPS) is 11.1. The largest absolute Gasteiger partial charge is 0.461 e. The van der Waals surface area contributed by atoms with Gasteiger partial charge in [0.05, 0.1) is 11.6 Å². The van der Waals surface area contributed by atoms with Gasteiger partial charge in [0.25, 0.3) is 0 Å². The van der Waals surface area contributed by atoms with E-state index in [2.05, 4.69) is 25.5 Å². The summed E-state index contributed by atoms with van der Waals surface area (Å²) in [6.07, 6.45) is 5.40. The Morgan fingerprint density at radius 1 is 1.24 bits per heavy atom. The van der Waals surface area contributed by atoms with Crippen molar-refractivity contribution in [2.75, 3.05) is 18.4 Å². The monoisotopic (exact) mass is 362 g/mol. The van der Waals surface area contributed by atoms with E-state index >= 15 is 0 Å². The molecule has 3 N–H and O–H groups in total. The number of aryl methyl sites for hydroxylation is 1. The van der Waals surface area contributed by atoms with Crippen LogP contribution < -0.4 is 11.1 Å². The molecule has 0 radical (unpaired) electrons. The Morgan fingerprint density at radius 2 is 2.12 bits per heavy atom. The standard InChI is InChI=1S/C15H18N8O.ClH/c1-22-9-10-12(20-22)19-15(17-7-3-2-6-16)23-14(10)18-13(21-23)11-5-4-8-24-11;/h4-5,8-9H,2-3,6-7,16H2,1H3,(H,17,19,20);1H. The third kappa shape index (κ3) is 3.15. The molecule has 0 aliphatic carbocycles. The van der Waals surface area contributed by atoms with Crippen molar-refractivity contribution in [3.8, 4) is 11.6 Å². The second-order valence-electron chi connectivity index (χ2n) is 5.55. The Morgan fingerprint density at radius 3 is 2.88 bits per heavy atom. The average Bonchev–Trinajstić information content (AvgIpc) is 3.28. The fraction of sp³-hybridized carbons (Fsp3) is 0.333. The van der Waals surface area contributed by atoms with Gasteiger partial charge in [0, 0.05) is 19.8 Å². The molecule has 0 aliphatic heterocycles. The SMILES string of the molecule is Cl.Cn1cc2c(nc(NCCCCN)n3nc(-c4ccco4)nc23)n1. The number of aromatic nitrogens is 6. The first-order chi connectivity index (χ1) is 11.8. The van der Waals surface area contributed by atoms with Crippen molar-refractivity contribution in [2.24, 2.45) is 12.8 Å². The van der Waals surface area contributed by atoms with Crippen molar-refractivity contribution in [1.82, 2.24) is 29.4 Å². The van der Waals surface area contributed by atoms with Gasteiger partial charge < -0.3 is 15.5 Å². The van der Waals surface area contributed by atoms with Crippen LogP contribution in [0.15, 0.2) is 29.0 Å². The van der Waals surface area contributed by atoms with E-state index in [1.807, 2.05) is 25.4 Å². The molecule has 0 unspecified atom stereocenters. The maximum absolute atomic E-state index is 5.54. The molecule has 0 saturated carbocycles. The Bertz CT molecular complexity index is 975. The van der Waals surface area contributed by atoms with Crippen molar-refractivity contribution < 1.29 is 4.42 Å². The van der Waals surface area contributed by atoms with E-state index in [9.17, 15) is 0 Å². The molecule has 4 rings (SSSR count). The second-order valence-corrected chi connectivity index (χ2v) is 5.55. The number of nitrogens with zero attached hydrogens (tertiary/aromatic N) is 6. The molecule has 0 amide bonds. The summed E-state index contributed by atoms with van der Waals surface area (Å²) in [5, 5.41) is 13.1. The maximum Gasteiger partial charge on any atom is 0.228 e. The van der Waals surface area contributed by atoms with Crippen LogP contribution in [0.2, 0.25) is 0 Å². The number of hydrogen-bond donors (Lipinski definition) is 2. The highest BCUT2D eigenvalue weighted by Gasteiger charge is 2.17. The van der Waals surface area contributed by atoms with Gasteiger partial charge in [-0.05, 0) is 31.5 Å². The van der Waals surface area contributed by atoms with E-state index in [0.29, 0.717) is 35.4 Å². The molecule has 0 aromatic carbocycles. The lowest BCUT2D eigenvalue weighted by Gasteiger charge is -2.06. The van der Waals surface area contributed by atoms with Crippen LogP contribution in [-0.2, 0) is 7.05 Å². The summed E-state index contributed by atoms with van der Waals surface area (Å²) in [7, 11) is 1.86. The zero-order chi connectivity index (χ0) is 16.5. The molecule has 9 nitrogen and oxygen atoms in total. The molecular weight excluding hydrogens is 344 g/mol. The van der Waals surface area contributed by atoms with Gasteiger partial charge in [0.1, 0.15) is 0 Å². The molecule has 4 heterocycles. The van der Waals surface area contributed by atoms with E-state index in [-0.39, 0.29) is 12.4 Å². The van der Waals surface area contributed by atoms with Crippen molar-refractivity contribution in [3.05, 3.63) is 24.6 Å². The minimum atomic E-state index is 0. The molecule has 0 aliphatic rings. The summed E-state index contributed by atoms with van der Waals surface area (Å²) in [6, 6.07) is 3.64. The van der Waals surface area contributed by atoms with Gasteiger partial charge in [0.15, 0.2) is 17.1 Å². The van der Waals surface area contributed by atoms with E-state index in [1.54, 1.807) is 15.5 Å². The highest BCUT2D eigenvalue weighted by molar-refractivity contribution is 5.90. The maximum atomic E-state index is 5.54. The Hall–Kier alpha value is -2.65. The molecule has 4 aromatic heterocycles. The van der Waals surface area contributed by atoms with Crippen LogP contribution >= 0.6 is 12.4 Å². The first-order valence-corrected chi connectivity index (χ1v) is 7.84. The van der Waals surface area contributed by atoms with Gasteiger partial charge >= 0.3 is 0 Å². The fourth-order valence-electron chi connectivity index (χ4n) is 2.59. The van der Waals surface area contributed by atoms with Gasteiger partial charge in [-0.1, -0.05) is 0 Å². The van der Waals surface area contributed by atoms with E-state index in [4.69, 9.17) is 10.2 Å². The molecule has 4 aromatic rings. The van der Waals surface area contributed by atoms with Crippen molar-refractivity contribution in [1.29, 1.82) is 0 Å². The van der Waals surface area contributed by atoms with Gasteiger partial charge in [-0.25, -0.2) is 4.98 Å². The van der Waals surface area contributed by atoms with Crippen LogP contribution in [-0.4, -0.2) is 42.5 Å². The summed E-state index contributed by atoms with van der Waals surface area (Å²) in [5.41, 5.74) is 6.86. The number of unbranched alkanes of at least 4 members (excludes halogenated alkanes) is 1. The van der Waals surface area contributed by atoms with E-state index in [1.165, 1.54) is 0 Å². The molecule has 0 bridgehead atoms. The van der Waals surface area contributed by atoms with Gasteiger partial charge in [-0.2, -0.15) is 14.6 Å². The number of fused-ring (bicyclic) bond motifs is 3. The summed E-state index contributed by atoms with van der Waals surface area (Å²) in [5.74, 6) is 1.74. The van der Waals surface area contributed by atoms with E-state index < -0.39 is 0 Å². The number of nitrogens with one attached hydrogen (secondary N) is 1. The summed E-state index contributed by atoms with van der Waals surface area (Å²) >= 11 is 0. The Labute approximate surface area is 149 Å². The molecule has 0 spiro atoms. The smallest absolute Gasteiger partial charge is 0.228 e. The first-order valence-electron chi connectivity index (χ1n) is 7.84. The second kappa shape index (κ2) is 7.08. The number of furan rings is 1. The number of anilines is 1. The third-order valence-electron chi connectivity index (χ3n) is 3.73. The lowest BCUT2D eigenvalue weighted by Crippen LogP contribution is -2.10. The van der Waals surface area contributed by atoms with Crippen molar-refractivity contribution in [2.45, 2.75) is 12.8 Å². The molecule has 10 heteroatoms. The summed E-state index contributed by atoms with van der Waals surface area (Å²) in [4.78, 5) is 9.18. The first kappa shape index (κ1) is 17.2. The van der Waals surface area contributed by atoms with Gasteiger partial charge in [-0.3, -0.25) is 4.68 Å². The average molecular weight is 363 g/mol. The molecule has 132 valence electrons. The predicted octanol–water partition coefficient (Wildman–Crippen LogP) is 1.84. The minimum absolute atomic E-state index is 0. The lowest BCUT2D eigenvalue weighted by molar-refractivity contribution is 0.577. The van der Waals surface area contributed by atoms with Crippen LogP contribution in [0.4, 0.5) is 5.95 Å². The van der Waals surface area contributed by atoms with E-state index in [0.717, 1.165) is 24.8 Å². The number of nitrogens with two attached hydrogens (primary N) is 1. The Kier molecular flexibility index (Phi) is 4.86. The molecule has 25 heavy (non-hydrogen) atoms.